The predicted octanol–water partition coefficient (Wildman–Crippen LogP) is 0.984. The highest BCUT2D eigenvalue weighted by Crippen LogP contribution is 2.30. The van der Waals surface area contributed by atoms with E-state index >= 15 is 0 Å². The number of thioether (sulfide) groups is 1. The highest BCUT2D eigenvalue weighted by molar-refractivity contribution is 8.04. The second-order valence-corrected chi connectivity index (χ2v) is 5.75. The first-order valence-corrected chi connectivity index (χ1v) is 7.70. The largest absolute Gasteiger partial charge is 0.464 e. The number of nitrogens with one attached hydrogen (secondary N) is 1. The average Bonchev–Trinajstić information content (AvgIpc) is 2.96. The number of ether oxygens (including phenoxy) is 1. The molecule has 0 unspecified atom stereocenters. The van der Waals surface area contributed by atoms with Crippen LogP contribution >= 0.6 is 11.8 Å². The average molecular weight is 338 g/mol. The number of aromatic nitrogens is 1. The summed E-state index contributed by atoms with van der Waals surface area (Å²) in [4.78, 5) is 46.9. The highest BCUT2D eigenvalue weighted by atomic mass is 32.2. The first-order chi connectivity index (χ1) is 11.0. The number of fused-ring (bicyclic) bond motifs is 1. The number of amides is 1. The lowest BCUT2D eigenvalue weighted by molar-refractivity contribution is -0.118. The second-order valence-electron chi connectivity index (χ2n) is 4.61. The molecule has 0 aromatic carbocycles. The maximum atomic E-state index is 12.4. The Bertz CT molecular complexity index is 706. The van der Waals surface area contributed by atoms with Gasteiger partial charge >= 0.3 is 5.97 Å². The molecule has 0 saturated heterocycles. The van der Waals surface area contributed by atoms with Crippen LogP contribution in [-0.4, -0.2) is 48.0 Å². The number of esters is 1. The van der Waals surface area contributed by atoms with Crippen molar-refractivity contribution in [3.8, 4) is 0 Å². The third-order valence-electron chi connectivity index (χ3n) is 2.96. The van der Waals surface area contributed by atoms with Gasteiger partial charge in [0.2, 0.25) is 28.9 Å². The first kappa shape index (κ1) is 16.9. The van der Waals surface area contributed by atoms with Gasteiger partial charge in [-0.1, -0.05) is 5.16 Å². The number of methoxy groups -OCH3 is 1. The molecule has 0 saturated carbocycles. The molecular weight excluding hydrogens is 324 g/mol. The van der Waals surface area contributed by atoms with E-state index in [0.717, 1.165) is 7.11 Å². The van der Waals surface area contributed by atoms with Crippen molar-refractivity contribution in [2.45, 2.75) is 13.3 Å². The van der Waals surface area contributed by atoms with Gasteiger partial charge in [-0.05, 0) is 12.2 Å². The van der Waals surface area contributed by atoms with Crippen LogP contribution in [0.25, 0.3) is 0 Å². The Hall–Kier alpha value is -2.42. The van der Waals surface area contributed by atoms with Gasteiger partial charge in [0.15, 0.2) is 0 Å². The number of hydrogen-bond donors (Lipinski definition) is 1. The maximum absolute atomic E-state index is 12.4. The Labute approximate surface area is 135 Å². The fourth-order valence-corrected chi connectivity index (χ4v) is 2.84. The Kier molecular flexibility index (Phi) is 5.32. The van der Waals surface area contributed by atoms with Crippen molar-refractivity contribution in [1.29, 1.82) is 0 Å². The van der Waals surface area contributed by atoms with Crippen LogP contribution in [0.4, 0.5) is 0 Å². The van der Waals surface area contributed by atoms with Gasteiger partial charge in [-0.2, -0.15) is 0 Å². The lowest BCUT2D eigenvalue weighted by Crippen LogP contribution is -2.21. The molecule has 1 amide bonds. The molecule has 0 aliphatic heterocycles. The van der Waals surface area contributed by atoms with E-state index in [1.165, 1.54) is 24.8 Å². The number of carbonyl (C=O) groups excluding carboxylic acids is 4. The Balaban J connectivity index is 2.09. The molecule has 2 rings (SSSR count). The summed E-state index contributed by atoms with van der Waals surface area (Å²) in [7, 11) is 1.14. The van der Waals surface area contributed by atoms with Crippen molar-refractivity contribution in [2.24, 2.45) is 0 Å². The smallest absolute Gasteiger partial charge is 0.361 e. The van der Waals surface area contributed by atoms with Crippen LogP contribution < -0.4 is 5.32 Å². The molecule has 1 aliphatic carbocycles. The van der Waals surface area contributed by atoms with Crippen molar-refractivity contribution in [3.63, 3.8) is 0 Å². The van der Waals surface area contributed by atoms with E-state index in [4.69, 9.17) is 4.52 Å². The van der Waals surface area contributed by atoms with Crippen molar-refractivity contribution >= 4 is 35.2 Å². The maximum Gasteiger partial charge on any atom is 0.361 e. The molecule has 0 spiro atoms. The summed E-state index contributed by atoms with van der Waals surface area (Å²) in [5, 5.41) is 6.09. The highest BCUT2D eigenvalue weighted by Gasteiger charge is 2.36. The minimum atomic E-state index is -0.840. The van der Waals surface area contributed by atoms with Crippen LogP contribution in [0.15, 0.2) is 15.5 Å². The second kappa shape index (κ2) is 7.23. The number of allylic oxidation sites excluding steroid dienone is 2. The van der Waals surface area contributed by atoms with Gasteiger partial charge in [0.05, 0.1) is 12.0 Å². The zero-order valence-corrected chi connectivity index (χ0v) is 13.3. The fraction of sp³-hybridized carbons (Fsp3) is 0.357. The quantitative estimate of drug-likeness (QED) is 0.603. The zero-order chi connectivity index (χ0) is 17.0. The van der Waals surface area contributed by atoms with Crippen LogP contribution in [-0.2, 0) is 9.53 Å². The Morgan fingerprint density at radius 1 is 1.39 bits per heavy atom. The van der Waals surface area contributed by atoms with Crippen LogP contribution in [0.1, 0.15) is 44.7 Å². The van der Waals surface area contributed by atoms with E-state index in [1.54, 1.807) is 0 Å². The third kappa shape index (κ3) is 3.67. The van der Waals surface area contributed by atoms with E-state index in [1.807, 2.05) is 0 Å². The number of ketones is 2. The molecular formula is C14H14N2O6S. The molecule has 1 aliphatic rings. The van der Waals surface area contributed by atoms with Crippen LogP contribution in [0.5, 0.6) is 0 Å². The number of Topliss-reactive ketones (excluding diaryl/α,β-unsaturated/α-hetero) is 1. The van der Waals surface area contributed by atoms with Crippen molar-refractivity contribution in [3.05, 3.63) is 28.0 Å². The lowest BCUT2D eigenvalue weighted by Gasteiger charge is -2.10. The molecule has 1 N–H and O–H groups in total. The van der Waals surface area contributed by atoms with Gasteiger partial charge in [-0.15, -0.1) is 11.8 Å². The molecule has 0 bridgehead atoms. The van der Waals surface area contributed by atoms with E-state index in [2.05, 4.69) is 15.2 Å². The van der Waals surface area contributed by atoms with Crippen molar-refractivity contribution in [1.82, 2.24) is 10.5 Å². The molecule has 1 aromatic rings. The van der Waals surface area contributed by atoms with Gasteiger partial charge in [-0.3, -0.25) is 14.4 Å². The van der Waals surface area contributed by atoms with E-state index in [9.17, 15) is 19.2 Å². The molecule has 1 heterocycles. The Morgan fingerprint density at radius 3 is 2.78 bits per heavy atom. The Morgan fingerprint density at radius 2 is 2.13 bits per heavy atom. The summed E-state index contributed by atoms with van der Waals surface area (Å²) in [5.74, 6) is -1.71. The molecule has 8 nitrogen and oxygen atoms in total. The minimum Gasteiger partial charge on any atom is -0.464 e. The number of rotatable bonds is 6. The standard InChI is InChI=1S/C14H14N2O6S/c1-7(17)15-4-3-5-23-9-6-8(18)13-10(12(9)19)11(16-22-13)14(20)21-2/h6H,3-5H2,1-2H3,(H,15,17). The summed E-state index contributed by atoms with van der Waals surface area (Å²) in [5.41, 5.74) is -0.459. The SMILES string of the molecule is COC(=O)c1noc2c1C(=O)C(SCCCNC(C)=O)=CC2=O. The molecule has 1 aromatic heterocycles. The third-order valence-corrected chi connectivity index (χ3v) is 4.07. The fourth-order valence-electron chi connectivity index (χ4n) is 1.90. The minimum absolute atomic E-state index is 0.130. The van der Waals surface area contributed by atoms with Crippen LogP contribution in [0, 0.1) is 0 Å². The van der Waals surface area contributed by atoms with Crippen molar-refractivity contribution < 1.29 is 28.4 Å². The predicted molar refractivity (Wildman–Crippen MR) is 80.3 cm³/mol. The topological polar surface area (TPSA) is 116 Å². The summed E-state index contributed by atoms with van der Waals surface area (Å²) in [6.45, 7) is 1.89. The molecule has 9 heteroatoms. The number of carbonyl (C=O) groups is 4. The van der Waals surface area contributed by atoms with Gasteiger partial charge in [0.1, 0.15) is 5.56 Å². The molecule has 0 atom stereocenters. The summed E-state index contributed by atoms with van der Waals surface area (Å²) in [6, 6.07) is 0. The summed E-state index contributed by atoms with van der Waals surface area (Å²) < 4.78 is 9.31. The summed E-state index contributed by atoms with van der Waals surface area (Å²) in [6.07, 6.45) is 1.80. The number of hydrogen-bond acceptors (Lipinski definition) is 8. The van der Waals surface area contributed by atoms with Gasteiger partial charge in [0.25, 0.3) is 0 Å². The van der Waals surface area contributed by atoms with Gasteiger partial charge < -0.3 is 14.6 Å². The van der Waals surface area contributed by atoms with Crippen molar-refractivity contribution in [2.75, 3.05) is 19.4 Å². The molecule has 23 heavy (non-hydrogen) atoms. The number of nitrogens with zero attached hydrogens (tertiary/aromatic N) is 1. The molecule has 0 fully saturated rings. The van der Waals surface area contributed by atoms with E-state index in [-0.39, 0.29) is 27.8 Å². The van der Waals surface area contributed by atoms with E-state index in [0.29, 0.717) is 18.7 Å². The van der Waals surface area contributed by atoms with Crippen LogP contribution in [0.3, 0.4) is 0 Å². The molecule has 0 radical (unpaired) electrons. The van der Waals surface area contributed by atoms with Gasteiger partial charge in [-0.25, -0.2) is 4.79 Å². The monoisotopic (exact) mass is 338 g/mol. The lowest BCUT2D eigenvalue weighted by atomic mass is 10.00. The molecule has 122 valence electrons. The van der Waals surface area contributed by atoms with E-state index < -0.39 is 17.5 Å². The normalized spacial score (nSPS) is 13.4. The zero-order valence-electron chi connectivity index (χ0n) is 12.5. The van der Waals surface area contributed by atoms with Gasteiger partial charge in [0, 0.05) is 19.5 Å². The first-order valence-electron chi connectivity index (χ1n) is 6.71. The summed E-state index contributed by atoms with van der Waals surface area (Å²) >= 11 is 1.17. The van der Waals surface area contributed by atoms with Crippen LogP contribution in [0.2, 0.25) is 0 Å².